The Labute approximate surface area is 143 Å². The van der Waals surface area contributed by atoms with Crippen LogP contribution in [0, 0.1) is 5.92 Å². The SMILES string of the molecule is CN1CCCC2CN(C(=O)CCc3ccc(C(=O)O)cc3)CCC21. The first kappa shape index (κ1) is 17.0. The second-order valence-electron chi connectivity index (χ2n) is 7.08. The summed E-state index contributed by atoms with van der Waals surface area (Å²) < 4.78 is 0. The number of carboxylic acid groups (broad SMARTS) is 1. The van der Waals surface area contributed by atoms with Crippen LogP contribution in [0.1, 0.15) is 41.6 Å². The van der Waals surface area contributed by atoms with E-state index in [4.69, 9.17) is 5.11 Å². The number of hydrogen-bond acceptors (Lipinski definition) is 3. The monoisotopic (exact) mass is 330 g/mol. The van der Waals surface area contributed by atoms with Gasteiger partial charge in [-0.15, -0.1) is 0 Å². The standard InChI is InChI=1S/C19H26N2O3/c1-20-11-2-3-16-13-21(12-10-17(16)20)18(22)9-6-14-4-7-15(8-5-14)19(23)24/h4-5,7-8,16-17H,2-3,6,9-13H2,1H3,(H,23,24). The van der Waals surface area contributed by atoms with Crippen molar-refractivity contribution >= 4 is 11.9 Å². The number of carboxylic acids is 1. The van der Waals surface area contributed by atoms with Crippen molar-refractivity contribution in [3.63, 3.8) is 0 Å². The number of benzene rings is 1. The van der Waals surface area contributed by atoms with E-state index < -0.39 is 5.97 Å². The molecular weight excluding hydrogens is 304 g/mol. The van der Waals surface area contributed by atoms with Crippen LogP contribution in [0.25, 0.3) is 0 Å². The van der Waals surface area contributed by atoms with Gasteiger partial charge in [0.2, 0.25) is 5.91 Å². The maximum Gasteiger partial charge on any atom is 0.335 e. The van der Waals surface area contributed by atoms with E-state index in [-0.39, 0.29) is 11.5 Å². The van der Waals surface area contributed by atoms with Crippen LogP contribution in [-0.4, -0.2) is 59.5 Å². The molecule has 2 aliphatic heterocycles. The van der Waals surface area contributed by atoms with E-state index in [0.717, 1.165) is 25.1 Å². The largest absolute Gasteiger partial charge is 0.478 e. The van der Waals surface area contributed by atoms with Gasteiger partial charge in [-0.25, -0.2) is 4.79 Å². The zero-order chi connectivity index (χ0) is 17.1. The molecule has 2 unspecified atom stereocenters. The molecule has 2 aliphatic rings. The molecule has 0 aliphatic carbocycles. The van der Waals surface area contributed by atoms with Crippen molar-refractivity contribution in [1.82, 2.24) is 9.80 Å². The summed E-state index contributed by atoms with van der Waals surface area (Å²) in [4.78, 5) is 27.9. The molecule has 3 rings (SSSR count). The fraction of sp³-hybridized carbons (Fsp3) is 0.579. The van der Waals surface area contributed by atoms with Crippen molar-refractivity contribution < 1.29 is 14.7 Å². The van der Waals surface area contributed by atoms with Gasteiger partial charge >= 0.3 is 5.97 Å². The van der Waals surface area contributed by atoms with E-state index in [9.17, 15) is 9.59 Å². The lowest BCUT2D eigenvalue weighted by molar-refractivity contribution is -0.134. The van der Waals surface area contributed by atoms with Crippen molar-refractivity contribution in [2.24, 2.45) is 5.92 Å². The number of carbonyl (C=O) groups is 2. The molecule has 2 fully saturated rings. The van der Waals surface area contributed by atoms with Gasteiger partial charge in [0, 0.05) is 25.6 Å². The highest BCUT2D eigenvalue weighted by Gasteiger charge is 2.35. The van der Waals surface area contributed by atoms with Gasteiger partial charge in [-0.1, -0.05) is 12.1 Å². The lowest BCUT2D eigenvalue weighted by atomic mass is 9.84. The summed E-state index contributed by atoms with van der Waals surface area (Å²) >= 11 is 0. The van der Waals surface area contributed by atoms with E-state index in [1.165, 1.54) is 19.4 Å². The molecule has 1 N–H and O–H groups in total. The number of rotatable bonds is 4. The minimum Gasteiger partial charge on any atom is -0.478 e. The Hall–Kier alpha value is -1.88. The Morgan fingerprint density at radius 1 is 1.17 bits per heavy atom. The van der Waals surface area contributed by atoms with Crippen molar-refractivity contribution in [1.29, 1.82) is 0 Å². The average molecular weight is 330 g/mol. The highest BCUT2D eigenvalue weighted by atomic mass is 16.4. The molecule has 1 aromatic carbocycles. The summed E-state index contributed by atoms with van der Waals surface area (Å²) in [5, 5.41) is 8.91. The zero-order valence-electron chi connectivity index (χ0n) is 14.3. The third-order valence-electron chi connectivity index (χ3n) is 5.53. The van der Waals surface area contributed by atoms with Gasteiger partial charge < -0.3 is 14.9 Å². The number of aryl methyl sites for hydroxylation is 1. The number of hydrogen-bond donors (Lipinski definition) is 1. The molecule has 2 heterocycles. The molecule has 5 heteroatoms. The van der Waals surface area contributed by atoms with Gasteiger partial charge in [0.15, 0.2) is 0 Å². The average Bonchev–Trinajstić information content (AvgIpc) is 2.60. The second-order valence-corrected chi connectivity index (χ2v) is 7.08. The first-order valence-electron chi connectivity index (χ1n) is 8.85. The number of likely N-dealkylation sites (tertiary alicyclic amines) is 2. The summed E-state index contributed by atoms with van der Waals surface area (Å²) in [6, 6.07) is 7.46. The fourth-order valence-corrected chi connectivity index (χ4v) is 4.10. The highest BCUT2D eigenvalue weighted by Crippen LogP contribution is 2.29. The summed E-state index contributed by atoms with van der Waals surface area (Å²) in [7, 11) is 2.20. The topological polar surface area (TPSA) is 60.9 Å². The molecule has 0 saturated carbocycles. The summed E-state index contributed by atoms with van der Waals surface area (Å²) in [6.07, 6.45) is 4.72. The summed E-state index contributed by atoms with van der Waals surface area (Å²) in [5.74, 6) is -0.0711. The van der Waals surface area contributed by atoms with Crippen molar-refractivity contribution in [2.75, 3.05) is 26.7 Å². The van der Waals surface area contributed by atoms with Crippen LogP contribution in [0.3, 0.4) is 0 Å². The first-order valence-corrected chi connectivity index (χ1v) is 8.85. The van der Waals surface area contributed by atoms with E-state index in [1.807, 2.05) is 4.90 Å². The molecular formula is C19H26N2O3. The predicted molar refractivity (Wildman–Crippen MR) is 92.1 cm³/mol. The molecule has 2 atom stereocenters. The Balaban J connectivity index is 1.51. The summed E-state index contributed by atoms with van der Waals surface area (Å²) in [5.41, 5.74) is 1.30. The Kier molecular flexibility index (Phi) is 5.19. The van der Waals surface area contributed by atoms with Crippen LogP contribution in [0.5, 0.6) is 0 Å². The first-order chi connectivity index (χ1) is 11.5. The van der Waals surface area contributed by atoms with Gasteiger partial charge in [-0.3, -0.25) is 4.79 Å². The van der Waals surface area contributed by atoms with Crippen molar-refractivity contribution in [3.05, 3.63) is 35.4 Å². The van der Waals surface area contributed by atoms with E-state index >= 15 is 0 Å². The van der Waals surface area contributed by atoms with Crippen LogP contribution in [0.4, 0.5) is 0 Å². The minimum absolute atomic E-state index is 0.226. The third-order valence-corrected chi connectivity index (χ3v) is 5.53. The Morgan fingerprint density at radius 3 is 2.62 bits per heavy atom. The maximum atomic E-state index is 12.5. The van der Waals surface area contributed by atoms with Gasteiger partial charge in [0.25, 0.3) is 0 Å². The van der Waals surface area contributed by atoms with Gasteiger partial charge in [-0.2, -0.15) is 0 Å². The Bertz CT molecular complexity index is 599. The number of aromatic carboxylic acids is 1. The second kappa shape index (κ2) is 7.34. The molecule has 1 aromatic rings. The molecule has 1 amide bonds. The summed E-state index contributed by atoms with van der Waals surface area (Å²) in [6.45, 7) is 2.94. The van der Waals surface area contributed by atoms with E-state index in [0.29, 0.717) is 24.8 Å². The number of piperidine rings is 2. The number of amides is 1. The van der Waals surface area contributed by atoms with Gasteiger partial charge in [0.1, 0.15) is 0 Å². The minimum atomic E-state index is -0.919. The zero-order valence-corrected chi connectivity index (χ0v) is 14.3. The number of fused-ring (bicyclic) bond motifs is 1. The molecule has 0 radical (unpaired) electrons. The maximum absolute atomic E-state index is 12.5. The van der Waals surface area contributed by atoms with Gasteiger partial charge in [0.05, 0.1) is 5.56 Å². The van der Waals surface area contributed by atoms with E-state index in [1.54, 1.807) is 24.3 Å². The van der Waals surface area contributed by atoms with Crippen LogP contribution in [-0.2, 0) is 11.2 Å². The third kappa shape index (κ3) is 3.78. The van der Waals surface area contributed by atoms with Crippen LogP contribution >= 0.6 is 0 Å². The number of carbonyl (C=O) groups excluding carboxylic acids is 1. The smallest absolute Gasteiger partial charge is 0.335 e. The highest BCUT2D eigenvalue weighted by molar-refractivity contribution is 5.87. The molecule has 5 nitrogen and oxygen atoms in total. The van der Waals surface area contributed by atoms with Crippen molar-refractivity contribution in [3.8, 4) is 0 Å². The molecule has 130 valence electrons. The molecule has 0 bridgehead atoms. The number of nitrogens with zero attached hydrogens (tertiary/aromatic N) is 2. The normalized spacial score (nSPS) is 24.5. The molecule has 0 spiro atoms. The van der Waals surface area contributed by atoms with E-state index in [2.05, 4.69) is 11.9 Å². The molecule has 24 heavy (non-hydrogen) atoms. The fourth-order valence-electron chi connectivity index (χ4n) is 4.10. The lowest BCUT2D eigenvalue weighted by Gasteiger charge is -2.46. The Morgan fingerprint density at radius 2 is 1.92 bits per heavy atom. The molecule has 0 aromatic heterocycles. The quantitative estimate of drug-likeness (QED) is 0.920. The lowest BCUT2D eigenvalue weighted by Crippen LogP contribution is -2.53. The predicted octanol–water partition coefficient (Wildman–Crippen LogP) is 2.26. The van der Waals surface area contributed by atoms with Gasteiger partial charge in [-0.05, 0) is 62.9 Å². The molecule has 2 saturated heterocycles. The van der Waals surface area contributed by atoms with Crippen molar-refractivity contribution in [2.45, 2.75) is 38.1 Å². The van der Waals surface area contributed by atoms with Crippen LogP contribution < -0.4 is 0 Å². The van der Waals surface area contributed by atoms with Crippen LogP contribution in [0.2, 0.25) is 0 Å². The van der Waals surface area contributed by atoms with Crippen LogP contribution in [0.15, 0.2) is 24.3 Å².